The molecule has 2 rings (SSSR count). The van der Waals surface area contributed by atoms with E-state index in [0.717, 1.165) is 25.0 Å². The fourth-order valence-electron chi connectivity index (χ4n) is 2.67. The number of hydrogen-bond donors (Lipinski definition) is 2. The van der Waals surface area contributed by atoms with E-state index < -0.39 is 0 Å². The van der Waals surface area contributed by atoms with E-state index in [1.807, 2.05) is 11.8 Å². The number of nitrogens with two attached hydrogens (primary N) is 1. The average Bonchev–Trinajstić information content (AvgIpc) is 2.89. The van der Waals surface area contributed by atoms with Gasteiger partial charge in [-0.25, -0.2) is 0 Å². The molecular formula is C15H21ClN2O2S. The Morgan fingerprint density at radius 1 is 1.52 bits per heavy atom. The lowest BCUT2D eigenvalue weighted by Gasteiger charge is -2.21. The first-order chi connectivity index (χ1) is 10.1. The molecule has 4 nitrogen and oxygen atoms in total. The summed E-state index contributed by atoms with van der Waals surface area (Å²) in [4.78, 5) is 12.5. The van der Waals surface area contributed by atoms with Crippen LogP contribution in [0.5, 0.6) is 5.75 Å². The van der Waals surface area contributed by atoms with E-state index >= 15 is 0 Å². The lowest BCUT2D eigenvalue weighted by atomic mass is 10.1. The molecule has 6 heteroatoms. The molecule has 1 aromatic carbocycles. The predicted octanol–water partition coefficient (Wildman–Crippen LogP) is 3.33. The number of thioether (sulfide) groups is 1. The minimum atomic E-state index is -0.151. The summed E-state index contributed by atoms with van der Waals surface area (Å²) >= 11 is 7.92. The highest BCUT2D eigenvalue weighted by Gasteiger charge is 2.29. The van der Waals surface area contributed by atoms with Crippen LogP contribution in [0.25, 0.3) is 0 Å². The molecule has 21 heavy (non-hydrogen) atoms. The normalized spacial score (nSPS) is 21.3. The van der Waals surface area contributed by atoms with Gasteiger partial charge in [0.05, 0.1) is 23.4 Å². The quantitative estimate of drug-likeness (QED) is 0.814. The van der Waals surface area contributed by atoms with Crippen molar-refractivity contribution in [2.24, 2.45) is 0 Å². The smallest absolute Gasteiger partial charge is 0.255 e. The second kappa shape index (κ2) is 7.27. The van der Waals surface area contributed by atoms with Crippen LogP contribution in [0.1, 0.15) is 36.5 Å². The van der Waals surface area contributed by atoms with Gasteiger partial charge in [-0.15, -0.1) is 0 Å². The van der Waals surface area contributed by atoms with Crippen LogP contribution in [-0.4, -0.2) is 30.1 Å². The first-order valence-electron chi connectivity index (χ1n) is 7.12. The van der Waals surface area contributed by atoms with Gasteiger partial charge in [0.25, 0.3) is 5.91 Å². The topological polar surface area (TPSA) is 64.4 Å². The van der Waals surface area contributed by atoms with Gasteiger partial charge in [0.1, 0.15) is 5.75 Å². The highest BCUT2D eigenvalue weighted by molar-refractivity contribution is 7.99. The van der Waals surface area contributed by atoms with Gasteiger partial charge >= 0.3 is 0 Å². The van der Waals surface area contributed by atoms with Crippen LogP contribution in [0.15, 0.2) is 12.1 Å². The van der Waals surface area contributed by atoms with Gasteiger partial charge in [-0.1, -0.05) is 24.9 Å². The maximum absolute atomic E-state index is 12.5. The first-order valence-corrected chi connectivity index (χ1v) is 8.55. The molecule has 1 saturated carbocycles. The second-order valence-electron chi connectivity index (χ2n) is 5.08. The lowest BCUT2D eigenvalue weighted by molar-refractivity contribution is 0.0935. The van der Waals surface area contributed by atoms with E-state index in [9.17, 15) is 4.79 Å². The van der Waals surface area contributed by atoms with Gasteiger partial charge in [0, 0.05) is 17.4 Å². The number of benzene rings is 1. The van der Waals surface area contributed by atoms with Crippen molar-refractivity contribution in [3.05, 3.63) is 22.7 Å². The summed E-state index contributed by atoms with van der Waals surface area (Å²) in [7, 11) is 1.52. The van der Waals surface area contributed by atoms with E-state index in [2.05, 4.69) is 12.2 Å². The highest BCUT2D eigenvalue weighted by atomic mass is 35.5. The minimum absolute atomic E-state index is 0.151. The standard InChI is InChI=1S/C15H21ClN2O2S/c1-3-21-14-6-4-5-12(14)18-15(19)9-7-10(16)11(17)8-13(9)20-2/h7-8,12,14H,3-6,17H2,1-2H3,(H,18,19). The summed E-state index contributed by atoms with van der Waals surface area (Å²) < 4.78 is 5.24. The number of halogens is 1. The number of nitrogen functional groups attached to an aromatic ring is 1. The predicted molar refractivity (Wildman–Crippen MR) is 89.4 cm³/mol. The highest BCUT2D eigenvalue weighted by Crippen LogP contribution is 2.32. The largest absolute Gasteiger partial charge is 0.496 e. The maximum Gasteiger partial charge on any atom is 0.255 e. The second-order valence-corrected chi connectivity index (χ2v) is 7.00. The summed E-state index contributed by atoms with van der Waals surface area (Å²) in [6.45, 7) is 2.14. The maximum atomic E-state index is 12.5. The number of nitrogens with one attached hydrogen (secondary N) is 1. The van der Waals surface area contributed by atoms with Crippen LogP contribution in [0.4, 0.5) is 5.69 Å². The Bertz CT molecular complexity index is 525. The fraction of sp³-hybridized carbons (Fsp3) is 0.533. The average molecular weight is 329 g/mol. The van der Waals surface area contributed by atoms with Crippen LogP contribution < -0.4 is 15.8 Å². The van der Waals surface area contributed by atoms with E-state index in [4.69, 9.17) is 22.1 Å². The van der Waals surface area contributed by atoms with E-state index in [0.29, 0.717) is 27.3 Å². The molecule has 3 N–H and O–H groups in total. The molecule has 1 aromatic rings. The Labute approximate surface area is 134 Å². The zero-order valence-corrected chi connectivity index (χ0v) is 13.9. The van der Waals surface area contributed by atoms with E-state index in [-0.39, 0.29) is 11.9 Å². The molecule has 0 radical (unpaired) electrons. The van der Waals surface area contributed by atoms with Crippen molar-refractivity contribution >= 4 is 35.0 Å². The Morgan fingerprint density at radius 2 is 2.29 bits per heavy atom. The van der Waals surface area contributed by atoms with Crippen LogP contribution in [-0.2, 0) is 0 Å². The molecular weight excluding hydrogens is 308 g/mol. The number of methoxy groups -OCH3 is 1. The molecule has 0 bridgehead atoms. The molecule has 0 aromatic heterocycles. The van der Waals surface area contributed by atoms with Gasteiger partial charge in [0.15, 0.2) is 0 Å². The van der Waals surface area contributed by atoms with Crippen LogP contribution in [0, 0.1) is 0 Å². The number of ether oxygens (including phenoxy) is 1. The lowest BCUT2D eigenvalue weighted by Crippen LogP contribution is -2.39. The van der Waals surface area contributed by atoms with Crippen molar-refractivity contribution in [2.45, 2.75) is 37.5 Å². The van der Waals surface area contributed by atoms with Crippen LogP contribution >= 0.6 is 23.4 Å². The number of amides is 1. The molecule has 0 saturated heterocycles. The first kappa shape index (κ1) is 16.3. The van der Waals surface area contributed by atoms with Crippen molar-refractivity contribution in [3.8, 4) is 5.75 Å². The third-order valence-electron chi connectivity index (χ3n) is 3.71. The number of hydrogen-bond acceptors (Lipinski definition) is 4. The summed E-state index contributed by atoms with van der Waals surface area (Å²) in [5.74, 6) is 1.36. The van der Waals surface area contributed by atoms with Crippen LogP contribution in [0.3, 0.4) is 0 Å². The van der Waals surface area contributed by atoms with Crippen molar-refractivity contribution in [2.75, 3.05) is 18.6 Å². The molecule has 0 spiro atoms. The molecule has 1 aliphatic rings. The number of rotatable bonds is 5. The van der Waals surface area contributed by atoms with E-state index in [1.54, 1.807) is 12.1 Å². The Morgan fingerprint density at radius 3 is 2.95 bits per heavy atom. The van der Waals surface area contributed by atoms with Gasteiger partial charge in [-0.05, 0) is 24.7 Å². The zero-order chi connectivity index (χ0) is 15.4. The number of anilines is 1. The molecule has 2 atom stereocenters. The molecule has 1 amide bonds. The Balaban J connectivity index is 2.15. The third-order valence-corrected chi connectivity index (χ3v) is 5.37. The van der Waals surface area contributed by atoms with E-state index in [1.165, 1.54) is 7.11 Å². The van der Waals surface area contributed by atoms with Gasteiger partial charge in [-0.3, -0.25) is 4.79 Å². The third kappa shape index (κ3) is 3.77. The van der Waals surface area contributed by atoms with Crippen molar-refractivity contribution in [1.82, 2.24) is 5.32 Å². The summed E-state index contributed by atoms with van der Waals surface area (Å²) in [6, 6.07) is 3.37. The summed E-state index contributed by atoms with van der Waals surface area (Å²) in [5, 5.41) is 3.97. The summed E-state index contributed by atoms with van der Waals surface area (Å²) in [5.41, 5.74) is 6.59. The van der Waals surface area contributed by atoms with Crippen molar-refractivity contribution in [1.29, 1.82) is 0 Å². The molecule has 1 aliphatic carbocycles. The van der Waals surface area contributed by atoms with Gasteiger partial charge in [-0.2, -0.15) is 11.8 Å². The molecule has 1 fully saturated rings. The van der Waals surface area contributed by atoms with Gasteiger partial charge < -0.3 is 15.8 Å². The zero-order valence-electron chi connectivity index (χ0n) is 12.3. The Kier molecular flexibility index (Phi) is 5.65. The van der Waals surface area contributed by atoms with Crippen molar-refractivity contribution in [3.63, 3.8) is 0 Å². The monoisotopic (exact) mass is 328 g/mol. The fourth-order valence-corrected chi connectivity index (χ4v) is 4.03. The molecule has 116 valence electrons. The Hall–Kier alpha value is -1.07. The van der Waals surface area contributed by atoms with Crippen LogP contribution in [0.2, 0.25) is 5.02 Å². The molecule has 0 aliphatic heterocycles. The number of carbonyl (C=O) groups excluding carboxylic acids is 1. The van der Waals surface area contributed by atoms with Crippen molar-refractivity contribution < 1.29 is 9.53 Å². The molecule has 0 heterocycles. The molecule has 2 unspecified atom stereocenters. The van der Waals surface area contributed by atoms with Gasteiger partial charge in [0.2, 0.25) is 0 Å². The SMILES string of the molecule is CCSC1CCCC1NC(=O)c1cc(Cl)c(N)cc1OC. The minimum Gasteiger partial charge on any atom is -0.496 e. The number of carbonyl (C=O) groups is 1. The summed E-state index contributed by atoms with van der Waals surface area (Å²) in [6.07, 6.45) is 3.33.